The van der Waals surface area contributed by atoms with Gasteiger partial charge in [-0.2, -0.15) is 0 Å². The largest absolute Gasteiger partial charge is 0.496 e. The number of fused-ring (bicyclic) bond motifs is 1. The number of nitrogens with zero attached hydrogens (tertiary/aromatic N) is 1. The van der Waals surface area contributed by atoms with Gasteiger partial charge in [0.25, 0.3) is 5.91 Å². The molecule has 4 heteroatoms. The Balaban J connectivity index is 2.02. The first-order chi connectivity index (χ1) is 10.1. The fourth-order valence-electron chi connectivity index (χ4n) is 2.81. The molecule has 0 unspecified atom stereocenters. The van der Waals surface area contributed by atoms with Crippen LogP contribution in [-0.2, 0) is 6.42 Å². The molecule has 0 aliphatic carbocycles. The van der Waals surface area contributed by atoms with Crippen molar-refractivity contribution in [3.8, 4) is 5.75 Å². The van der Waals surface area contributed by atoms with Crippen molar-refractivity contribution in [1.29, 1.82) is 0 Å². The fraction of sp³-hybridized carbons (Fsp3) is 0.235. The Kier molecular flexibility index (Phi) is 3.29. The maximum absolute atomic E-state index is 12.9. The molecule has 0 saturated carbocycles. The SMILES string of the molecule is COc1ccc(C)cc1C(=O)N1CCc2c(N)cccc21. The second kappa shape index (κ2) is 5.13. The summed E-state index contributed by atoms with van der Waals surface area (Å²) in [4.78, 5) is 14.6. The average molecular weight is 282 g/mol. The van der Waals surface area contributed by atoms with Crippen molar-refractivity contribution in [1.82, 2.24) is 0 Å². The highest BCUT2D eigenvalue weighted by atomic mass is 16.5. The van der Waals surface area contributed by atoms with E-state index in [1.54, 1.807) is 12.0 Å². The van der Waals surface area contributed by atoms with Crippen LogP contribution in [0.5, 0.6) is 5.75 Å². The first-order valence-corrected chi connectivity index (χ1v) is 6.95. The van der Waals surface area contributed by atoms with Crippen molar-refractivity contribution < 1.29 is 9.53 Å². The number of nitrogen functional groups attached to an aromatic ring is 1. The van der Waals surface area contributed by atoms with E-state index in [0.29, 0.717) is 17.9 Å². The summed E-state index contributed by atoms with van der Waals surface area (Å²) in [6.45, 7) is 2.62. The van der Waals surface area contributed by atoms with Crippen LogP contribution in [0.25, 0.3) is 0 Å². The summed E-state index contributed by atoms with van der Waals surface area (Å²) in [5.74, 6) is 0.558. The van der Waals surface area contributed by atoms with Gasteiger partial charge in [0.05, 0.1) is 12.7 Å². The van der Waals surface area contributed by atoms with Crippen LogP contribution in [0, 0.1) is 6.92 Å². The minimum atomic E-state index is -0.0418. The molecule has 0 radical (unpaired) electrons. The van der Waals surface area contributed by atoms with E-state index in [1.807, 2.05) is 43.3 Å². The third-order valence-corrected chi connectivity index (χ3v) is 3.89. The van der Waals surface area contributed by atoms with E-state index in [9.17, 15) is 4.79 Å². The van der Waals surface area contributed by atoms with Crippen LogP contribution >= 0.6 is 0 Å². The maximum Gasteiger partial charge on any atom is 0.262 e. The summed E-state index contributed by atoms with van der Waals surface area (Å²) in [5.41, 5.74) is 10.3. The molecule has 1 heterocycles. The molecule has 0 saturated heterocycles. The number of methoxy groups -OCH3 is 1. The van der Waals surface area contributed by atoms with Crippen molar-refractivity contribution in [2.75, 3.05) is 24.3 Å². The van der Waals surface area contributed by atoms with E-state index >= 15 is 0 Å². The molecular formula is C17H18N2O2. The third kappa shape index (κ3) is 2.23. The molecule has 1 aliphatic heterocycles. The Bertz CT molecular complexity index is 710. The lowest BCUT2D eigenvalue weighted by Crippen LogP contribution is -2.29. The minimum absolute atomic E-state index is 0.0418. The number of rotatable bonds is 2. The molecule has 108 valence electrons. The zero-order chi connectivity index (χ0) is 15.0. The van der Waals surface area contributed by atoms with Crippen LogP contribution in [0.4, 0.5) is 11.4 Å². The molecule has 3 rings (SSSR count). The molecule has 21 heavy (non-hydrogen) atoms. The van der Waals surface area contributed by atoms with Gasteiger partial charge in [-0.15, -0.1) is 0 Å². The lowest BCUT2D eigenvalue weighted by molar-refractivity contribution is 0.0986. The van der Waals surface area contributed by atoms with Gasteiger partial charge in [0.2, 0.25) is 0 Å². The van der Waals surface area contributed by atoms with Gasteiger partial charge in [0.15, 0.2) is 0 Å². The molecule has 1 aliphatic rings. The molecule has 0 fully saturated rings. The van der Waals surface area contributed by atoms with Crippen molar-refractivity contribution in [2.45, 2.75) is 13.3 Å². The molecule has 0 spiro atoms. The van der Waals surface area contributed by atoms with Crippen LogP contribution < -0.4 is 15.4 Å². The number of anilines is 2. The number of nitrogens with two attached hydrogens (primary N) is 1. The van der Waals surface area contributed by atoms with Crippen LogP contribution in [0.2, 0.25) is 0 Å². The van der Waals surface area contributed by atoms with Gasteiger partial charge < -0.3 is 15.4 Å². The first kappa shape index (κ1) is 13.5. The third-order valence-electron chi connectivity index (χ3n) is 3.89. The zero-order valence-electron chi connectivity index (χ0n) is 12.2. The number of hydrogen-bond donors (Lipinski definition) is 1. The van der Waals surface area contributed by atoms with E-state index in [1.165, 1.54) is 0 Å². The van der Waals surface area contributed by atoms with Crippen molar-refractivity contribution >= 4 is 17.3 Å². The monoisotopic (exact) mass is 282 g/mol. The topological polar surface area (TPSA) is 55.6 Å². The van der Waals surface area contributed by atoms with Gasteiger partial charge in [-0.05, 0) is 37.6 Å². The number of ether oxygens (including phenoxy) is 1. The fourth-order valence-corrected chi connectivity index (χ4v) is 2.81. The Morgan fingerprint density at radius 2 is 2.10 bits per heavy atom. The van der Waals surface area contributed by atoms with Crippen LogP contribution in [0.3, 0.4) is 0 Å². The number of amides is 1. The van der Waals surface area contributed by atoms with Gasteiger partial charge in [-0.1, -0.05) is 17.7 Å². The van der Waals surface area contributed by atoms with Crippen LogP contribution in [0.1, 0.15) is 21.5 Å². The van der Waals surface area contributed by atoms with E-state index in [2.05, 4.69) is 0 Å². The molecule has 1 amide bonds. The van der Waals surface area contributed by atoms with Crippen molar-refractivity contribution in [2.24, 2.45) is 0 Å². The Morgan fingerprint density at radius 1 is 1.29 bits per heavy atom. The Hall–Kier alpha value is -2.49. The minimum Gasteiger partial charge on any atom is -0.496 e. The molecule has 0 bridgehead atoms. The summed E-state index contributed by atoms with van der Waals surface area (Å²) in [5, 5.41) is 0. The summed E-state index contributed by atoms with van der Waals surface area (Å²) < 4.78 is 5.32. The van der Waals surface area contributed by atoms with Crippen LogP contribution in [-0.4, -0.2) is 19.6 Å². The second-order valence-electron chi connectivity index (χ2n) is 5.26. The number of carbonyl (C=O) groups excluding carboxylic acids is 1. The van der Waals surface area contributed by atoms with E-state index in [-0.39, 0.29) is 5.91 Å². The highest BCUT2D eigenvalue weighted by Gasteiger charge is 2.28. The predicted molar refractivity (Wildman–Crippen MR) is 84.0 cm³/mol. The molecule has 2 N–H and O–H groups in total. The Morgan fingerprint density at radius 3 is 2.86 bits per heavy atom. The number of carbonyl (C=O) groups is 1. The summed E-state index contributed by atoms with van der Waals surface area (Å²) >= 11 is 0. The number of hydrogen-bond acceptors (Lipinski definition) is 3. The summed E-state index contributed by atoms with van der Waals surface area (Å²) in [6, 6.07) is 11.3. The molecule has 2 aromatic carbocycles. The molecule has 0 aromatic heterocycles. The second-order valence-corrected chi connectivity index (χ2v) is 5.26. The zero-order valence-corrected chi connectivity index (χ0v) is 12.2. The summed E-state index contributed by atoms with van der Waals surface area (Å²) in [6.07, 6.45) is 0.794. The van der Waals surface area contributed by atoms with E-state index in [4.69, 9.17) is 10.5 Å². The van der Waals surface area contributed by atoms with E-state index in [0.717, 1.165) is 28.9 Å². The number of benzene rings is 2. The highest BCUT2D eigenvalue weighted by Crippen LogP contribution is 2.34. The predicted octanol–water partition coefficient (Wildman–Crippen LogP) is 2.79. The molecular weight excluding hydrogens is 264 g/mol. The van der Waals surface area contributed by atoms with Gasteiger partial charge in [0, 0.05) is 23.5 Å². The first-order valence-electron chi connectivity index (χ1n) is 6.95. The molecule has 2 aromatic rings. The smallest absolute Gasteiger partial charge is 0.262 e. The van der Waals surface area contributed by atoms with Gasteiger partial charge >= 0.3 is 0 Å². The van der Waals surface area contributed by atoms with Crippen molar-refractivity contribution in [3.05, 3.63) is 53.1 Å². The molecule has 0 atom stereocenters. The lowest BCUT2D eigenvalue weighted by Gasteiger charge is -2.19. The number of aryl methyl sites for hydroxylation is 1. The summed E-state index contributed by atoms with van der Waals surface area (Å²) in [7, 11) is 1.58. The van der Waals surface area contributed by atoms with E-state index < -0.39 is 0 Å². The standard InChI is InChI=1S/C17H18N2O2/c1-11-6-7-16(21-2)13(10-11)17(20)19-9-8-12-14(18)4-3-5-15(12)19/h3-7,10H,8-9,18H2,1-2H3. The highest BCUT2D eigenvalue weighted by molar-refractivity contribution is 6.09. The Labute approximate surface area is 124 Å². The average Bonchev–Trinajstić information content (AvgIpc) is 2.92. The normalized spacial score (nSPS) is 13.1. The molecule has 4 nitrogen and oxygen atoms in total. The quantitative estimate of drug-likeness (QED) is 0.862. The van der Waals surface area contributed by atoms with Gasteiger partial charge in [-0.3, -0.25) is 4.79 Å². The van der Waals surface area contributed by atoms with Crippen LogP contribution in [0.15, 0.2) is 36.4 Å². The van der Waals surface area contributed by atoms with Gasteiger partial charge in [-0.25, -0.2) is 0 Å². The van der Waals surface area contributed by atoms with Gasteiger partial charge in [0.1, 0.15) is 5.75 Å². The maximum atomic E-state index is 12.9. The lowest BCUT2D eigenvalue weighted by atomic mass is 10.1. The van der Waals surface area contributed by atoms with Crippen molar-refractivity contribution in [3.63, 3.8) is 0 Å².